The van der Waals surface area contributed by atoms with Gasteiger partial charge in [0.1, 0.15) is 0 Å². The first-order valence-electron chi connectivity index (χ1n) is 21.9. The number of unbranched alkanes of at least 4 members (excludes halogenated alkanes) is 28. The van der Waals surface area contributed by atoms with Crippen molar-refractivity contribution in [3.8, 4) is 0 Å². The Kier molecular flexibility index (Phi) is 95.9. The molecule has 56 heavy (non-hydrogen) atoms. The SMILES string of the molecule is CCCCCCCCCCC(=O)[O-].CCCCCCCCCCC(=O)[O-].CCCCCCCCCCC(=O)[O-].CCCCCCCCCCC(=O)[O-].[Na+].[Na+].[Na+].[Na+]. The van der Waals surface area contributed by atoms with Gasteiger partial charge in [-0.1, -0.05) is 207 Å². The molecule has 0 spiro atoms. The third-order valence-corrected chi connectivity index (χ3v) is 8.94. The zero-order valence-corrected chi connectivity index (χ0v) is 46.7. The van der Waals surface area contributed by atoms with Gasteiger partial charge in [0.2, 0.25) is 0 Å². The molecular formula is C44H84Na4O8. The fourth-order valence-electron chi connectivity index (χ4n) is 5.61. The van der Waals surface area contributed by atoms with Gasteiger partial charge < -0.3 is 39.6 Å². The molecule has 0 amide bonds. The minimum Gasteiger partial charge on any atom is -0.550 e. The third kappa shape index (κ3) is 96.0. The molecule has 0 saturated carbocycles. The fraction of sp³-hybridized carbons (Fsp3) is 0.909. The first-order valence-corrected chi connectivity index (χ1v) is 21.9. The average molecular weight is 833 g/mol. The van der Waals surface area contributed by atoms with E-state index in [-0.39, 0.29) is 144 Å². The maximum atomic E-state index is 10.1. The molecule has 0 aromatic heterocycles. The number of carboxylic acid groups (broad SMARTS) is 4. The summed E-state index contributed by atoms with van der Waals surface area (Å²) >= 11 is 0. The Balaban J connectivity index is -0.0000000893. The van der Waals surface area contributed by atoms with Crippen LogP contribution in [0.4, 0.5) is 0 Å². The Morgan fingerprint density at radius 2 is 0.339 bits per heavy atom. The smallest absolute Gasteiger partial charge is 0.550 e. The second-order valence-electron chi connectivity index (χ2n) is 14.4. The quantitative estimate of drug-likeness (QED) is 0.0480. The van der Waals surface area contributed by atoms with Crippen LogP contribution in [0.3, 0.4) is 0 Å². The molecule has 0 saturated heterocycles. The molecule has 0 aliphatic carbocycles. The third-order valence-electron chi connectivity index (χ3n) is 8.94. The second kappa shape index (κ2) is 71.4. The number of rotatable bonds is 36. The molecule has 0 aromatic carbocycles. The Hall–Kier alpha value is 1.88. The van der Waals surface area contributed by atoms with Gasteiger partial charge in [-0.25, -0.2) is 0 Å². The van der Waals surface area contributed by atoms with Gasteiger partial charge in [-0.3, -0.25) is 0 Å². The predicted octanol–water partition coefficient (Wildman–Crippen LogP) is -2.92. The van der Waals surface area contributed by atoms with Gasteiger partial charge in [-0.2, -0.15) is 0 Å². The zero-order valence-electron chi connectivity index (χ0n) is 38.7. The maximum Gasteiger partial charge on any atom is 1.00 e. The van der Waals surface area contributed by atoms with E-state index in [4.69, 9.17) is 0 Å². The van der Waals surface area contributed by atoms with E-state index in [1.165, 1.54) is 154 Å². The number of carbonyl (C=O) groups is 4. The summed E-state index contributed by atoms with van der Waals surface area (Å²) < 4.78 is 0. The maximum absolute atomic E-state index is 10.1. The van der Waals surface area contributed by atoms with Gasteiger partial charge >= 0.3 is 118 Å². The Bertz CT molecular complexity index is 626. The van der Waals surface area contributed by atoms with Gasteiger partial charge in [-0.05, 0) is 51.4 Å². The second-order valence-corrected chi connectivity index (χ2v) is 14.4. The van der Waals surface area contributed by atoms with E-state index in [2.05, 4.69) is 27.7 Å². The molecule has 8 nitrogen and oxygen atoms in total. The number of hydrogen-bond acceptors (Lipinski definition) is 8. The molecule has 0 unspecified atom stereocenters. The van der Waals surface area contributed by atoms with Gasteiger partial charge in [0, 0.05) is 23.9 Å². The summed E-state index contributed by atoms with van der Waals surface area (Å²) in [6.07, 6.45) is 39.0. The van der Waals surface area contributed by atoms with Crippen LogP contribution in [0, 0.1) is 0 Å². The molecule has 0 aliphatic heterocycles. The summed E-state index contributed by atoms with van der Waals surface area (Å²) in [7, 11) is 0. The van der Waals surface area contributed by atoms with Crippen molar-refractivity contribution in [2.24, 2.45) is 0 Å². The minimum absolute atomic E-state index is 0. The van der Waals surface area contributed by atoms with Crippen LogP contribution >= 0.6 is 0 Å². The van der Waals surface area contributed by atoms with E-state index in [0.29, 0.717) is 0 Å². The van der Waals surface area contributed by atoms with Crippen molar-refractivity contribution in [3.63, 3.8) is 0 Å². The van der Waals surface area contributed by atoms with Gasteiger partial charge in [0.25, 0.3) is 0 Å². The van der Waals surface area contributed by atoms with Gasteiger partial charge in [0.05, 0.1) is 0 Å². The molecular weight excluding hydrogens is 748 g/mol. The summed E-state index contributed by atoms with van der Waals surface area (Å²) in [4.78, 5) is 40.2. The van der Waals surface area contributed by atoms with Crippen LogP contribution in [0.1, 0.15) is 259 Å². The van der Waals surface area contributed by atoms with Crippen molar-refractivity contribution in [3.05, 3.63) is 0 Å². The summed E-state index contributed by atoms with van der Waals surface area (Å²) in [6.45, 7) is 8.83. The summed E-state index contributed by atoms with van der Waals surface area (Å²) in [5.41, 5.74) is 0. The van der Waals surface area contributed by atoms with Crippen molar-refractivity contribution >= 4 is 23.9 Å². The van der Waals surface area contributed by atoms with E-state index in [9.17, 15) is 39.6 Å². The van der Waals surface area contributed by atoms with Crippen molar-refractivity contribution in [2.75, 3.05) is 0 Å². The fourth-order valence-corrected chi connectivity index (χ4v) is 5.61. The first-order chi connectivity index (χ1) is 25.1. The van der Waals surface area contributed by atoms with Crippen LogP contribution in [-0.4, -0.2) is 23.9 Å². The molecule has 0 aliphatic rings. The first kappa shape index (κ1) is 75.3. The molecule has 0 bridgehead atoms. The van der Waals surface area contributed by atoms with Crippen molar-refractivity contribution in [1.82, 2.24) is 0 Å². The Labute approximate surface area is 435 Å². The molecule has 0 aromatic rings. The van der Waals surface area contributed by atoms with Crippen LogP contribution in [0.5, 0.6) is 0 Å². The summed E-state index contributed by atoms with van der Waals surface area (Å²) in [6, 6.07) is 0. The van der Waals surface area contributed by atoms with Crippen LogP contribution in [0.15, 0.2) is 0 Å². The molecule has 0 radical (unpaired) electrons. The van der Waals surface area contributed by atoms with Gasteiger partial charge in [0.15, 0.2) is 0 Å². The van der Waals surface area contributed by atoms with E-state index in [1.807, 2.05) is 0 Å². The number of hydrogen-bond donors (Lipinski definition) is 0. The summed E-state index contributed by atoms with van der Waals surface area (Å²) in [5, 5.41) is 40.2. The largest absolute Gasteiger partial charge is 1.00 e. The Morgan fingerprint density at radius 1 is 0.232 bits per heavy atom. The molecule has 12 heteroatoms. The van der Waals surface area contributed by atoms with Crippen LogP contribution in [-0.2, 0) is 19.2 Å². The van der Waals surface area contributed by atoms with E-state index in [0.717, 1.165) is 51.4 Å². The molecule has 0 heterocycles. The number of aliphatic carboxylic acids is 4. The number of carboxylic acids is 4. The monoisotopic (exact) mass is 833 g/mol. The molecule has 0 rings (SSSR count). The standard InChI is InChI=1S/4C11H22O2.4Na/c4*1-2-3-4-5-6-7-8-9-10-11(12)13;;;;/h4*2-10H2,1H3,(H,12,13);;;;/q;;;;4*+1/p-4. The van der Waals surface area contributed by atoms with Crippen molar-refractivity contribution in [1.29, 1.82) is 0 Å². The topological polar surface area (TPSA) is 161 Å². The van der Waals surface area contributed by atoms with E-state index < -0.39 is 23.9 Å². The van der Waals surface area contributed by atoms with Crippen LogP contribution < -0.4 is 139 Å². The number of carbonyl (C=O) groups excluding carboxylic acids is 4. The summed E-state index contributed by atoms with van der Waals surface area (Å²) in [5.74, 6) is -3.64. The predicted molar refractivity (Wildman–Crippen MR) is 209 cm³/mol. The van der Waals surface area contributed by atoms with Gasteiger partial charge in [-0.15, -0.1) is 0 Å². The van der Waals surface area contributed by atoms with Crippen LogP contribution in [0.2, 0.25) is 0 Å². The van der Waals surface area contributed by atoms with Crippen molar-refractivity contribution in [2.45, 2.75) is 259 Å². The molecule has 312 valence electrons. The van der Waals surface area contributed by atoms with Crippen LogP contribution in [0.25, 0.3) is 0 Å². The van der Waals surface area contributed by atoms with E-state index in [1.54, 1.807) is 0 Å². The average Bonchev–Trinajstić information content (AvgIpc) is 3.10. The zero-order chi connectivity index (χ0) is 39.8. The normalized spacial score (nSPS) is 9.50. The molecule has 0 fully saturated rings. The Morgan fingerprint density at radius 3 is 0.446 bits per heavy atom. The molecule has 0 N–H and O–H groups in total. The molecule has 0 atom stereocenters. The van der Waals surface area contributed by atoms with Crippen molar-refractivity contribution < 1.29 is 158 Å². The van der Waals surface area contributed by atoms with E-state index >= 15 is 0 Å². The minimum atomic E-state index is -0.911.